The predicted molar refractivity (Wildman–Crippen MR) is 22.5 cm³/mol. The molecular weight excluding hydrogens is 87.1 g/mol. The van der Waals surface area contributed by atoms with Gasteiger partial charge in [0.15, 0.2) is 0 Å². The summed E-state index contributed by atoms with van der Waals surface area (Å²) in [6, 6.07) is 0. The Morgan fingerprint density at radius 1 is 0.600 bits per heavy atom. The van der Waals surface area contributed by atoms with Crippen molar-refractivity contribution in [1.29, 1.82) is 0 Å². The molecule has 0 aliphatic carbocycles. The second-order valence-corrected chi connectivity index (χ2v) is 0. The Kier molecular flexibility index (Phi) is 229. The fourth-order valence-corrected chi connectivity index (χ4v) is 0. The van der Waals surface area contributed by atoms with Gasteiger partial charge < -0.3 is 0 Å². The standard InChI is InChI=1S/2C2H4.K/c2*1-2;/h2*1-2H2;/q;;+1. The van der Waals surface area contributed by atoms with Crippen LogP contribution in [0.4, 0.5) is 0 Å². The van der Waals surface area contributed by atoms with Crippen LogP contribution in [0.5, 0.6) is 0 Å². The molecule has 0 aliphatic rings. The van der Waals surface area contributed by atoms with Gasteiger partial charge in [0.2, 0.25) is 0 Å². The maximum absolute atomic E-state index is 3.00. The zero-order valence-corrected chi connectivity index (χ0v) is 6.95. The van der Waals surface area contributed by atoms with Crippen molar-refractivity contribution in [2.24, 2.45) is 0 Å². The first-order valence-electron chi connectivity index (χ1n) is 1.000. The van der Waals surface area contributed by atoms with E-state index < -0.39 is 0 Å². The summed E-state index contributed by atoms with van der Waals surface area (Å²) in [7, 11) is 0. The van der Waals surface area contributed by atoms with Crippen molar-refractivity contribution in [3.05, 3.63) is 26.3 Å². The van der Waals surface area contributed by atoms with Crippen LogP contribution in [0.2, 0.25) is 0 Å². The van der Waals surface area contributed by atoms with Crippen molar-refractivity contribution in [3.63, 3.8) is 0 Å². The van der Waals surface area contributed by atoms with Crippen LogP contribution in [0.3, 0.4) is 0 Å². The van der Waals surface area contributed by atoms with Crippen molar-refractivity contribution >= 4 is 0 Å². The Morgan fingerprint density at radius 2 is 0.600 bits per heavy atom. The molecule has 0 saturated carbocycles. The van der Waals surface area contributed by atoms with Crippen LogP contribution < -0.4 is 51.4 Å². The van der Waals surface area contributed by atoms with Crippen LogP contribution in [-0.4, -0.2) is 0 Å². The summed E-state index contributed by atoms with van der Waals surface area (Å²) >= 11 is 0. The molecule has 1 heteroatoms. The fraction of sp³-hybridized carbons (Fsp3) is 0. The number of hydrogen-bond acceptors (Lipinski definition) is 0. The third kappa shape index (κ3) is 39.9. The second kappa shape index (κ2) is 69.6. The van der Waals surface area contributed by atoms with Gasteiger partial charge in [-0.25, -0.2) is 0 Å². The van der Waals surface area contributed by atoms with E-state index in [1.165, 1.54) is 0 Å². The summed E-state index contributed by atoms with van der Waals surface area (Å²) in [6.45, 7) is 12.0. The largest absolute Gasteiger partial charge is 1.00 e. The van der Waals surface area contributed by atoms with E-state index in [0.717, 1.165) is 0 Å². The van der Waals surface area contributed by atoms with E-state index in [4.69, 9.17) is 0 Å². The molecule has 0 bridgehead atoms. The Morgan fingerprint density at radius 3 is 0.600 bits per heavy atom. The third-order valence-corrected chi connectivity index (χ3v) is 0. The molecule has 0 heterocycles. The summed E-state index contributed by atoms with van der Waals surface area (Å²) in [5.74, 6) is 0. The van der Waals surface area contributed by atoms with Gasteiger partial charge in [-0.1, -0.05) is 0 Å². The van der Waals surface area contributed by atoms with E-state index in [1.807, 2.05) is 0 Å². The monoisotopic (exact) mass is 95.0 g/mol. The van der Waals surface area contributed by atoms with Gasteiger partial charge in [-0.15, -0.1) is 26.3 Å². The summed E-state index contributed by atoms with van der Waals surface area (Å²) in [4.78, 5) is 0. The summed E-state index contributed by atoms with van der Waals surface area (Å²) < 4.78 is 0. The Hall–Kier alpha value is 1.12. The van der Waals surface area contributed by atoms with Gasteiger partial charge in [-0.05, 0) is 0 Å². The molecule has 0 aliphatic heterocycles. The van der Waals surface area contributed by atoms with Crippen molar-refractivity contribution in [3.8, 4) is 0 Å². The molecule has 5 heavy (non-hydrogen) atoms. The zero-order chi connectivity index (χ0) is 4.00. The SMILES string of the molecule is C=C.C=C.[K+]. The molecule has 0 spiro atoms. The average molecular weight is 95.2 g/mol. The van der Waals surface area contributed by atoms with Gasteiger partial charge in [0.05, 0.1) is 0 Å². The molecule has 0 aromatic rings. The Labute approximate surface area is 76.4 Å². The van der Waals surface area contributed by atoms with Crippen molar-refractivity contribution < 1.29 is 51.4 Å². The molecule has 0 nitrogen and oxygen atoms in total. The second-order valence-electron chi connectivity index (χ2n) is 0. The van der Waals surface area contributed by atoms with E-state index >= 15 is 0 Å². The van der Waals surface area contributed by atoms with E-state index in [1.54, 1.807) is 0 Å². The maximum atomic E-state index is 3.00. The number of rotatable bonds is 0. The fourth-order valence-electron chi connectivity index (χ4n) is 0. The summed E-state index contributed by atoms with van der Waals surface area (Å²) in [5.41, 5.74) is 0. The van der Waals surface area contributed by atoms with E-state index in [-0.39, 0.29) is 51.4 Å². The summed E-state index contributed by atoms with van der Waals surface area (Å²) in [6.07, 6.45) is 0. The van der Waals surface area contributed by atoms with Crippen LogP contribution in [0.1, 0.15) is 0 Å². The smallest absolute Gasteiger partial charge is 0.106 e. The van der Waals surface area contributed by atoms with Gasteiger partial charge in [0.25, 0.3) is 0 Å². The van der Waals surface area contributed by atoms with Gasteiger partial charge in [0.1, 0.15) is 0 Å². The molecule has 0 fully saturated rings. The quantitative estimate of drug-likeness (QED) is 0.257. The van der Waals surface area contributed by atoms with E-state index in [0.29, 0.717) is 0 Å². The molecule has 0 rings (SSSR count). The number of hydrogen-bond donors (Lipinski definition) is 0. The topological polar surface area (TPSA) is 0 Å². The minimum atomic E-state index is 0. The predicted octanol–water partition coefficient (Wildman–Crippen LogP) is -1.39. The first-order chi connectivity index (χ1) is 2.00. The maximum Gasteiger partial charge on any atom is 1.00 e. The van der Waals surface area contributed by atoms with Gasteiger partial charge in [-0.2, -0.15) is 0 Å². The van der Waals surface area contributed by atoms with Gasteiger partial charge in [-0.3, -0.25) is 0 Å². The third-order valence-electron chi connectivity index (χ3n) is 0. The van der Waals surface area contributed by atoms with Crippen LogP contribution in [0.25, 0.3) is 0 Å². The molecule has 0 atom stereocenters. The first kappa shape index (κ1) is 16.5. The summed E-state index contributed by atoms with van der Waals surface area (Å²) in [5, 5.41) is 0. The molecule has 0 radical (unpaired) electrons. The van der Waals surface area contributed by atoms with E-state index in [9.17, 15) is 0 Å². The molecular formula is C4H8K+. The Balaban J connectivity index is -0.0000000133. The minimum absolute atomic E-state index is 0. The minimum Gasteiger partial charge on any atom is -0.106 e. The van der Waals surface area contributed by atoms with Gasteiger partial charge in [0, 0.05) is 0 Å². The van der Waals surface area contributed by atoms with E-state index in [2.05, 4.69) is 26.3 Å². The molecule has 0 amide bonds. The Bertz CT molecular complexity index is 5.61. The van der Waals surface area contributed by atoms with Crippen molar-refractivity contribution in [1.82, 2.24) is 0 Å². The van der Waals surface area contributed by atoms with Crippen LogP contribution >= 0.6 is 0 Å². The molecule has 0 unspecified atom stereocenters. The van der Waals surface area contributed by atoms with Crippen molar-refractivity contribution in [2.75, 3.05) is 0 Å². The molecule has 0 aromatic heterocycles. The van der Waals surface area contributed by atoms with Crippen molar-refractivity contribution in [2.45, 2.75) is 0 Å². The average Bonchev–Trinajstić information content (AvgIpc) is 1.50. The van der Waals surface area contributed by atoms with Gasteiger partial charge >= 0.3 is 51.4 Å². The molecule has 0 aromatic carbocycles. The van der Waals surface area contributed by atoms with Crippen LogP contribution in [-0.2, 0) is 0 Å². The molecule has 24 valence electrons. The van der Waals surface area contributed by atoms with Crippen LogP contribution in [0.15, 0.2) is 26.3 Å². The molecule has 0 N–H and O–H groups in total. The molecule has 0 saturated heterocycles. The zero-order valence-electron chi connectivity index (χ0n) is 3.83. The first-order valence-corrected chi connectivity index (χ1v) is 1.000. The van der Waals surface area contributed by atoms with Crippen LogP contribution in [0, 0.1) is 0 Å². The normalized spacial score (nSPS) is 1.60.